The number of esters is 1. The van der Waals surface area contributed by atoms with Crippen molar-refractivity contribution in [2.45, 2.75) is 122 Å². The van der Waals surface area contributed by atoms with E-state index in [1.54, 1.807) is 20.8 Å². The molecular formula is C27H50N2O9. The summed E-state index contributed by atoms with van der Waals surface area (Å²) in [7, 11) is 5.41. The number of oxime groups is 1. The minimum absolute atomic E-state index is 0.0545. The predicted octanol–water partition coefficient (Wildman–Crippen LogP) is 1.78. The summed E-state index contributed by atoms with van der Waals surface area (Å²) in [5, 5.41) is 46.7. The fraction of sp³-hybridized carbons (Fsp3) is 0.926. The molecule has 2 rings (SSSR count). The van der Waals surface area contributed by atoms with Gasteiger partial charge in [0.05, 0.1) is 42.1 Å². The van der Waals surface area contributed by atoms with Crippen molar-refractivity contribution in [2.75, 3.05) is 21.2 Å². The molecule has 0 unspecified atom stereocenters. The molecule has 0 radical (unpaired) electrons. The Morgan fingerprint density at radius 3 is 2.24 bits per heavy atom. The van der Waals surface area contributed by atoms with E-state index < -0.39 is 66.6 Å². The third kappa shape index (κ3) is 8.09. The van der Waals surface area contributed by atoms with Crippen LogP contribution in [-0.4, -0.2) is 113 Å². The molecule has 12 atom stereocenters. The van der Waals surface area contributed by atoms with Gasteiger partial charge in [0.1, 0.15) is 12.2 Å². The zero-order chi connectivity index (χ0) is 28.7. The average molecular weight is 547 g/mol. The molecule has 2 heterocycles. The van der Waals surface area contributed by atoms with E-state index in [4.69, 9.17) is 18.9 Å². The van der Waals surface area contributed by atoms with E-state index >= 15 is 0 Å². The lowest BCUT2D eigenvalue weighted by Crippen LogP contribution is -2.51. The van der Waals surface area contributed by atoms with Gasteiger partial charge in [0, 0.05) is 31.4 Å². The molecule has 0 saturated carbocycles. The van der Waals surface area contributed by atoms with E-state index in [1.165, 1.54) is 7.11 Å². The second kappa shape index (κ2) is 14.9. The molecule has 4 N–H and O–H groups in total. The van der Waals surface area contributed by atoms with Crippen molar-refractivity contribution in [1.29, 1.82) is 0 Å². The van der Waals surface area contributed by atoms with Gasteiger partial charge in [-0.1, -0.05) is 25.9 Å². The van der Waals surface area contributed by atoms with E-state index in [0.29, 0.717) is 12.8 Å². The Labute approximate surface area is 227 Å². The Hall–Kier alpha value is -1.34. The fourth-order valence-electron chi connectivity index (χ4n) is 5.57. The Balaban J connectivity index is 2.40. The van der Waals surface area contributed by atoms with Crippen molar-refractivity contribution >= 4 is 11.7 Å². The number of aliphatic hydroxyl groups is 3. The molecule has 0 aromatic heterocycles. The van der Waals surface area contributed by atoms with Crippen molar-refractivity contribution < 1.29 is 44.3 Å². The lowest BCUT2D eigenvalue weighted by atomic mass is 9.83. The van der Waals surface area contributed by atoms with E-state index in [-0.39, 0.29) is 30.7 Å². The summed E-state index contributed by atoms with van der Waals surface area (Å²) in [6.45, 7) is 8.78. The number of ether oxygens (including phenoxy) is 4. The summed E-state index contributed by atoms with van der Waals surface area (Å²) in [5.41, 5.74) is 0.271. The van der Waals surface area contributed by atoms with Gasteiger partial charge < -0.3 is 44.4 Å². The summed E-state index contributed by atoms with van der Waals surface area (Å²) >= 11 is 0. The molecule has 2 aliphatic rings. The van der Waals surface area contributed by atoms with Crippen LogP contribution in [0.4, 0.5) is 0 Å². The summed E-state index contributed by atoms with van der Waals surface area (Å²) in [6.07, 6.45) is -4.50. The van der Waals surface area contributed by atoms with Gasteiger partial charge in [0.25, 0.3) is 0 Å². The topological polar surface area (TPSA) is 151 Å². The monoisotopic (exact) mass is 546 g/mol. The summed E-state index contributed by atoms with van der Waals surface area (Å²) in [6, 6.07) is 0.226. The number of nitrogens with zero attached hydrogens (tertiary/aromatic N) is 2. The molecule has 222 valence electrons. The molecule has 0 aliphatic carbocycles. The van der Waals surface area contributed by atoms with Crippen molar-refractivity contribution in [3.63, 3.8) is 0 Å². The Morgan fingerprint density at radius 1 is 1.03 bits per heavy atom. The highest BCUT2D eigenvalue weighted by molar-refractivity contribution is 5.86. The first-order chi connectivity index (χ1) is 17.9. The molecule has 2 saturated heterocycles. The van der Waals surface area contributed by atoms with Gasteiger partial charge in [-0.05, 0) is 53.6 Å². The second-order valence-corrected chi connectivity index (χ2v) is 11.3. The first kappa shape index (κ1) is 32.9. The molecular weight excluding hydrogens is 496 g/mol. The van der Waals surface area contributed by atoms with Gasteiger partial charge in [0.2, 0.25) is 0 Å². The Morgan fingerprint density at radius 2 is 1.68 bits per heavy atom. The number of hydrogen-bond acceptors (Lipinski definition) is 11. The maximum absolute atomic E-state index is 13.1. The number of carbonyl (C=O) groups is 1. The zero-order valence-corrected chi connectivity index (χ0v) is 24.2. The zero-order valence-electron chi connectivity index (χ0n) is 24.2. The van der Waals surface area contributed by atoms with Crippen LogP contribution in [0.3, 0.4) is 0 Å². The maximum atomic E-state index is 13.1. The van der Waals surface area contributed by atoms with Crippen LogP contribution in [-0.2, 0) is 23.7 Å². The molecule has 0 aromatic carbocycles. The van der Waals surface area contributed by atoms with E-state index in [9.17, 15) is 25.3 Å². The number of carbonyl (C=O) groups excluding carboxylic acids is 1. The first-order valence-electron chi connectivity index (χ1n) is 13.8. The van der Waals surface area contributed by atoms with Gasteiger partial charge >= 0.3 is 5.97 Å². The van der Waals surface area contributed by atoms with E-state index in [1.807, 2.05) is 27.9 Å². The van der Waals surface area contributed by atoms with Crippen molar-refractivity contribution in [2.24, 2.45) is 22.9 Å². The molecule has 38 heavy (non-hydrogen) atoms. The second-order valence-electron chi connectivity index (χ2n) is 11.3. The number of aliphatic hydroxyl groups excluding tert-OH is 3. The van der Waals surface area contributed by atoms with Crippen LogP contribution in [0.2, 0.25) is 0 Å². The van der Waals surface area contributed by atoms with Crippen LogP contribution < -0.4 is 0 Å². The third-order valence-corrected chi connectivity index (χ3v) is 8.32. The minimum Gasteiger partial charge on any atom is -0.459 e. The fourth-order valence-corrected chi connectivity index (χ4v) is 5.57. The molecule has 2 fully saturated rings. The minimum atomic E-state index is -1.19. The molecule has 0 spiro atoms. The normalized spacial score (nSPS) is 43.6. The maximum Gasteiger partial charge on any atom is 0.311 e. The standard InChI is InChI=1S/C27H50N2O9/c1-9-21-26(35-8)24(32)15(3)19(28-34)10-11-20(30)25(16(4)23(31)17(5)27(33)37-21)38-22-13-18(29(6)7)12-14(2)36-22/h14-18,20-26,30-32,34H,9-13H2,1-8H3/b28-19+/t14-,15+,16+,17-,18+,20-,21-,22+,23+,24-,25-,26-/m1/s1. The van der Waals surface area contributed by atoms with E-state index in [2.05, 4.69) is 10.1 Å². The summed E-state index contributed by atoms with van der Waals surface area (Å²) in [5.74, 6) is -2.88. The van der Waals surface area contributed by atoms with Gasteiger partial charge in [-0.25, -0.2) is 0 Å². The lowest BCUT2D eigenvalue weighted by molar-refractivity contribution is -0.250. The van der Waals surface area contributed by atoms with Gasteiger partial charge in [0.15, 0.2) is 6.29 Å². The number of hydrogen-bond donors (Lipinski definition) is 4. The lowest BCUT2D eigenvalue weighted by Gasteiger charge is -2.41. The number of cyclic esters (lactones) is 1. The van der Waals surface area contributed by atoms with Crippen LogP contribution in [0.15, 0.2) is 5.16 Å². The van der Waals surface area contributed by atoms with Crippen LogP contribution in [0.5, 0.6) is 0 Å². The van der Waals surface area contributed by atoms with Crippen LogP contribution in [0.1, 0.15) is 66.7 Å². The van der Waals surface area contributed by atoms with Crippen LogP contribution in [0, 0.1) is 17.8 Å². The Bertz CT molecular complexity index is 767. The van der Waals surface area contributed by atoms with Gasteiger partial charge in [-0.2, -0.15) is 0 Å². The highest BCUT2D eigenvalue weighted by atomic mass is 16.7. The summed E-state index contributed by atoms with van der Waals surface area (Å²) < 4.78 is 23.6. The highest BCUT2D eigenvalue weighted by Crippen LogP contribution is 2.31. The van der Waals surface area contributed by atoms with Crippen molar-refractivity contribution in [3.05, 3.63) is 0 Å². The van der Waals surface area contributed by atoms with Crippen molar-refractivity contribution in [3.8, 4) is 0 Å². The molecule has 0 amide bonds. The smallest absolute Gasteiger partial charge is 0.311 e. The third-order valence-electron chi connectivity index (χ3n) is 8.32. The molecule has 11 heteroatoms. The summed E-state index contributed by atoms with van der Waals surface area (Å²) in [4.78, 5) is 15.2. The SMILES string of the molecule is CC[C@H]1OC(=O)[C@H](C)[C@@H](O)[C@H](C)[C@@H](O[C@H]2C[C@@H](N(C)C)C[C@@H](C)O2)[C@H](O)CC/C(=N\O)[C@H](C)[C@@H](O)[C@@H]1OC. The van der Waals surface area contributed by atoms with Crippen LogP contribution in [0.25, 0.3) is 0 Å². The first-order valence-corrected chi connectivity index (χ1v) is 13.8. The molecule has 11 nitrogen and oxygen atoms in total. The molecule has 0 bridgehead atoms. The van der Waals surface area contributed by atoms with Gasteiger partial charge in [-0.15, -0.1) is 0 Å². The van der Waals surface area contributed by atoms with Gasteiger partial charge in [-0.3, -0.25) is 4.79 Å². The molecule has 0 aromatic rings. The number of rotatable bonds is 5. The quantitative estimate of drug-likeness (QED) is 0.228. The number of methoxy groups -OCH3 is 1. The van der Waals surface area contributed by atoms with Crippen LogP contribution >= 0.6 is 0 Å². The largest absolute Gasteiger partial charge is 0.459 e. The highest BCUT2D eigenvalue weighted by Gasteiger charge is 2.42. The predicted molar refractivity (Wildman–Crippen MR) is 141 cm³/mol. The van der Waals surface area contributed by atoms with E-state index in [0.717, 1.165) is 6.42 Å². The van der Waals surface area contributed by atoms with Crippen molar-refractivity contribution in [1.82, 2.24) is 4.90 Å². The molecule has 2 aliphatic heterocycles. The Kier molecular flexibility index (Phi) is 12.9. The average Bonchev–Trinajstić information content (AvgIpc) is 2.89.